The van der Waals surface area contributed by atoms with E-state index in [0.29, 0.717) is 0 Å². The van der Waals surface area contributed by atoms with Crippen LogP contribution in [-0.2, 0) is 10.0 Å². The number of hydrogen-bond acceptors (Lipinski definition) is 4. The van der Waals surface area contributed by atoms with Crippen molar-refractivity contribution in [3.63, 3.8) is 0 Å². The normalized spacial score (nSPS) is 17.2. The van der Waals surface area contributed by atoms with Crippen LogP contribution >= 0.6 is 11.6 Å². The Kier molecular flexibility index (Phi) is 4.48. The third-order valence-electron chi connectivity index (χ3n) is 2.94. The molecule has 0 atom stereocenters. The summed E-state index contributed by atoms with van der Waals surface area (Å²) in [6.45, 7) is -2.65. The van der Waals surface area contributed by atoms with Crippen molar-refractivity contribution < 1.29 is 27.0 Å². The lowest BCUT2D eigenvalue weighted by Gasteiger charge is -2.36. The zero-order valence-corrected chi connectivity index (χ0v) is 11.7. The summed E-state index contributed by atoms with van der Waals surface area (Å²) in [5, 5.41) is 8.67. The molecule has 1 aliphatic heterocycles. The molecule has 1 fully saturated rings. The summed E-state index contributed by atoms with van der Waals surface area (Å²) < 4.78 is 53.8. The summed E-state index contributed by atoms with van der Waals surface area (Å²) in [5.41, 5.74) is 0. The first-order valence-corrected chi connectivity index (χ1v) is 7.51. The van der Waals surface area contributed by atoms with Gasteiger partial charge in [0.25, 0.3) is 0 Å². The van der Waals surface area contributed by atoms with Gasteiger partial charge in [0.2, 0.25) is 10.0 Å². The lowest BCUT2D eigenvalue weighted by atomic mass is 10.1. The van der Waals surface area contributed by atoms with Gasteiger partial charge in [0.1, 0.15) is 5.75 Å². The van der Waals surface area contributed by atoms with E-state index < -0.39 is 16.6 Å². The Morgan fingerprint density at radius 3 is 2.60 bits per heavy atom. The van der Waals surface area contributed by atoms with Gasteiger partial charge in [-0.1, -0.05) is 11.6 Å². The first kappa shape index (κ1) is 15.4. The molecule has 1 aliphatic rings. The number of nitrogens with zero attached hydrogens (tertiary/aromatic N) is 1. The molecule has 112 valence electrons. The van der Waals surface area contributed by atoms with Crippen molar-refractivity contribution >= 4 is 21.6 Å². The van der Waals surface area contributed by atoms with Gasteiger partial charge >= 0.3 is 6.61 Å². The van der Waals surface area contributed by atoms with Crippen LogP contribution in [0.25, 0.3) is 0 Å². The zero-order valence-electron chi connectivity index (χ0n) is 10.2. The number of halogens is 3. The smallest absolute Gasteiger partial charge is 0.387 e. The Bertz CT molecular complexity index is 590. The number of ether oxygens (including phenoxy) is 1. The zero-order chi connectivity index (χ0) is 14.9. The summed E-state index contributed by atoms with van der Waals surface area (Å²) in [6.07, 6.45) is 0. The fourth-order valence-electron chi connectivity index (χ4n) is 1.82. The number of benzene rings is 1. The average Bonchev–Trinajstić information content (AvgIpc) is 2.29. The van der Waals surface area contributed by atoms with E-state index in [1.54, 1.807) is 0 Å². The maximum atomic E-state index is 12.2. The minimum Gasteiger partial charge on any atom is -0.433 e. The fraction of sp³-hybridized carbons (Fsp3) is 0.455. The largest absolute Gasteiger partial charge is 0.433 e. The van der Waals surface area contributed by atoms with E-state index in [4.69, 9.17) is 16.7 Å². The molecule has 1 aromatic rings. The van der Waals surface area contributed by atoms with Gasteiger partial charge in [-0.3, -0.25) is 0 Å². The molecule has 0 unspecified atom stereocenters. The third-order valence-corrected chi connectivity index (χ3v) is 5.06. The highest BCUT2D eigenvalue weighted by molar-refractivity contribution is 7.89. The molecule has 1 aromatic carbocycles. The number of aliphatic hydroxyl groups is 1. The topological polar surface area (TPSA) is 66.8 Å². The van der Waals surface area contributed by atoms with Gasteiger partial charge in [-0.15, -0.1) is 0 Å². The molecule has 0 aromatic heterocycles. The highest BCUT2D eigenvalue weighted by Gasteiger charge is 2.36. The van der Waals surface area contributed by atoms with Crippen molar-refractivity contribution in [3.05, 3.63) is 23.2 Å². The molecule has 5 nitrogen and oxygen atoms in total. The minimum absolute atomic E-state index is 0.0679. The third kappa shape index (κ3) is 3.03. The lowest BCUT2D eigenvalue weighted by molar-refractivity contribution is -0.0498. The quantitative estimate of drug-likeness (QED) is 0.891. The van der Waals surface area contributed by atoms with Crippen LogP contribution < -0.4 is 4.74 Å². The SMILES string of the molecule is O=S(=O)(c1ccc(OC(F)F)c(Cl)c1)N1CC(CO)C1. The van der Waals surface area contributed by atoms with Crippen LogP contribution in [-0.4, -0.2) is 44.1 Å². The van der Waals surface area contributed by atoms with Gasteiger partial charge in [0.15, 0.2) is 0 Å². The molecule has 0 bridgehead atoms. The summed E-state index contributed by atoms with van der Waals surface area (Å²) in [6, 6.07) is 3.32. The number of aliphatic hydroxyl groups excluding tert-OH is 1. The van der Waals surface area contributed by atoms with Gasteiger partial charge in [-0.05, 0) is 18.2 Å². The van der Waals surface area contributed by atoms with Crippen molar-refractivity contribution in [2.24, 2.45) is 5.92 Å². The summed E-state index contributed by atoms with van der Waals surface area (Å²) in [5.74, 6) is -0.348. The molecule has 1 N–H and O–H groups in total. The summed E-state index contributed by atoms with van der Waals surface area (Å²) in [7, 11) is -3.72. The Balaban J connectivity index is 2.19. The highest BCUT2D eigenvalue weighted by Crippen LogP contribution is 2.31. The molecular formula is C11H12ClF2NO4S. The molecule has 20 heavy (non-hydrogen) atoms. The summed E-state index contributed by atoms with van der Waals surface area (Å²) in [4.78, 5) is -0.0968. The van der Waals surface area contributed by atoms with Crippen LogP contribution in [0.2, 0.25) is 5.02 Å². The molecule has 0 spiro atoms. The van der Waals surface area contributed by atoms with Gasteiger partial charge in [-0.25, -0.2) is 8.42 Å². The molecule has 1 heterocycles. The Morgan fingerprint density at radius 1 is 1.45 bits per heavy atom. The minimum atomic E-state index is -3.72. The molecular weight excluding hydrogens is 316 g/mol. The predicted octanol–water partition coefficient (Wildman–Crippen LogP) is 1.55. The average molecular weight is 328 g/mol. The van der Waals surface area contributed by atoms with Crippen molar-refractivity contribution in [3.8, 4) is 5.75 Å². The lowest BCUT2D eigenvalue weighted by Crippen LogP contribution is -2.51. The van der Waals surface area contributed by atoms with Crippen LogP contribution in [0.15, 0.2) is 23.1 Å². The van der Waals surface area contributed by atoms with Crippen LogP contribution in [0.5, 0.6) is 5.75 Å². The Labute approximate surface area is 119 Å². The number of sulfonamides is 1. The van der Waals surface area contributed by atoms with Crippen LogP contribution in [0.4, 0.5) is 8.78 Å². The standard InChI is InChI=1S/C11H12ClF2NO4S/c12-9-3-8(1-2-10(9)19-11(13)14)20(17,18)15-4-7(5-15)6-16/h1-3,7,11,16H,4-6H2. The van der Waals surface area contributed by atoms with Crippen LogP contribution in [0.3, 0.4) is 0 Å². The second kappa shape index (κ2) is 5.80. The van der Waals surface area contributed by atoms with E-state index in [-0.39, 0.29) is 41.3 Å². The van der Waals surface area contributed by atoms with Gasteiger partial charge in [0.05, 0.1) is 9.92 Å². The number of alkyl halides is 2. The number of hydrogen-bond donors (Lipinski definition) is 1. The van der Waals surface area contributed by atoms with Crippen molar-refractivity contribution in [1.82, 2.24) is 4.31 Å². The maximum Gasteiger partial charge on any atom is 0.387 e. The summed E-state index contributed by atoms with van der Waals surface area (Å²) >= 11 is 5.72. The monoisotopic (exact) mass is 327 g/mol. The second-order valence-electron chi connectivity index (χ2n) is 4.34. The molecule has 2 rings (SSSR count). The first-order chi connectivity index (χ1) is 9.34. The van der Waals surface area contributed by atoms with E-state index in [1.165, 1.54) is 4.31 Å². The fourth-order valence-corrected chi connectivity index (χ4v) is 3.73. The second-order valence-corrected chi connectivity index (χ2v) is 6.69. The van der Waals surface area contributed by atoms with Gasteiger partial charge < -0.3 is 9.84 Å². The maximum absolute atomic E-state index is 12.2. The Morgan fingerprint density at radius 2 is 2.10 bits per heavy atom. The van der Waals surface area contributed by atoms with Gasteiger partial charge in [-0.2, -0.15) is 13.1 Å². The van der Waals surface area contributed by atoms with E-state index in [2.05, 4.69) is 4.74 Å². The van der Waals surface area contributed by atoms with E-state index in [1.807, 2.05) is 0 Å². The molecule has 9 heteroatoms. The Hall–Kier alpha value is -0.960. The molecule has 0 radical (unpaired) electrons. The molecule has 0 saturated carbocycles. The van der Waals surface area contributed by atoms with E-state index in [0.717, 1.165) is 18.2 Å². The first-order valence-electron chi connectivity index (χ1n) is 5.70. The van der Waals surface area contributed by atoms with Gasteiger partial charge in [0, 0.05) is 25.6 Å². The molecule has 1 saturated heterocycles. The number of rotatable bonds is 5. The van der Waals surface area contributed by atoms with Crippen molar-refractivity contribution in [1.29, 1.82) is 0 Å². The van der Waals surface area contributed by atoms with E-state index in [9.17, 15) is 17.2 Å². The highest BCUT2D eigenvalue weighted by atomic mass is 35.5. The predicted molar refractivity (Wildman–Crippen MR) is 67.4 cm³/mol. The van der Waals surface area contributed by atoms with Crippen molar-refractivity contribution in [2.75, 3.05) is 19.7 Å². The molecule has 0 amide bonds. The van der Waals surface area contributed by atoms with Crippen LogP contribution in [0, 0.1) is 5.92 Å². The molecule has 0 aliphatic carbocycles. The van der Waals surface area contributed by atoms with Crippen LogP contribution in [0.1, 0.15) is 0 Å². The van der Waals surface area contributed by atoms with E-state index >= 15 is 0 Å². The van der Waals surface area contributed by atoms with Crippen molar-refractivity contribution in [2.45, 2.75) is 11.5 Å².